The molecule has 0 aliphatic rings. The molecule has 0 aliphatic carbocycles. The molecule has 0 aromatic heterocycles. The topological polar surface area (TPSA) is 67.4 Å². The highest BCUT2D eigenvalue weighted by atomic mass is 32.2. The lowest BCUT2D eigenvalue weighted by Crippen LogP contribution is -2.33. The van der Waals surface area contributed by atoms with Gasteiger partial charge in [0.05, 0.1) is 11.9 Å². The van der Waals surface area contributed by atoms with Crippen LogP contribution in [0.4, 0.5) is 11.4 Å². The van der Waals surface area contributed by atoms with Crippen LogP contribution in [0, 0.1) is 6.92 Å². The lowest BCUT2D eigenvalue weighted by molar-refractivity contribution is 0.414. The van der Waals surface area contributed by atoms with Crippen molar-refractivity contribution in [1.29, 1.82) is 0 Å². The predicted octanol–water partition coefficient (Wildman–Crippen LogP) is 4.16. The Balaban J connectivity index is 2.01. The van der Waals surface area contributed by atoms with E-state index in [4.69, 9.17) is 4.74 Å². The van der Waals surface area contributed by atoms with Crippen molar-refractivity contribution in [3.8, 4) is 5.75 Å². The fourth-order valence-corrected chi connectivity index (χ4v) is 2.91. The number of hydrogen-bond donors (Lipinski definition) is 2. The largest absolute Gasteiger partial charge is 0.497 e. The first-order valence-corrected chi connectivity index (χ1v) is 9.60. The molecule has 0 aliphatic heterocycles. The van der Waals surface area contributed by atoms with Crippen molar-refractivity contribution in [3.63, 3.8) is 0 Å². The van der Waals surface area contributed by atoms with E-state index in [9.17, 15) is 8.42 Å². The molecule has 0 radical (unpaired) electrons. The zero-order valence-corrected chi connectivity index (χ0v) is 16.2. The summed E-state index contributed by atoms with van der Waals surface area (Å²) >= 11 is 0. The van der Waals surface area contributed by atoms with Gasteiger partial charge >= 0.3 is 0 Å². The molecule has 136 valence electrons. The molecule has 0 saturated heterocycles. The van der Waals surface area contributed by atoms with E-state index < -0.39 is 14.8 Å². The SMILES string of the molecule is COc1ccc(NCc2ccc(NS(=O)(=O)C(C)(C)C)cc2)c(C)c1. The van der Waals surface area contributed by atoms with Gasteiger partial charge in [-0.15, -0.1) is 0 Å². The second-order valence-electron chi connectivity index (χ2n) is 6.95. The molecule has 6 heteroatoms. The van der Waals surface area contributed by atoms with Gasteiger partial charge in [0, 0.05) is 17.9 Å². The molecule has 0 atom stereocenters. The summed E-state index contributed by atoms with van der Waals surface area (Å²) in [6.45, 7) is 7.69. The molecule has 5 nitrogen and oxygen atoms in total. The first-order chi connectivity index (χ1) is 11.6. The summed E-state index contributed by atoms with van der Waals surface area (Å²) in [5.74, 6) is 0.832. The van der Waals surface area contributed by atoms with Crippen molar-refractivity contribution in [3.05, 3.63) is 53.6 Å². The van der Waals surface area contributed by atoms with Gasteiger partial charge in [0.2, 0.25) is 10.0 Å². The van der Waals surface area contributed by atoms with Gasteiger partial charge in [-0.1, -0.05) is 12.1 Å². The van der Waals surface area contributed by atoms with Crippen LogP contribution in [0.25, 0.3) is 0 Å². The Kier molecular flexibility index (Phi) is 5.62. The van der Waals surface area contributed by atoms with Crippen molar-refractivity contribution < 1.29 is 13.2 Å². The number of methoxy groups -OCH3 is 1. The first-order valence-electron chi connectivity index (χ1n) is 8.12. The number of ether oxygens (including phenoxy) is 1. The molecular formula is C19H26N2O3S. The molecule has 0 amide bonds. The number of hydrogen-bond acceptors (Lipinski definition) is 4. The van der Waals surface area contributed by atoms with Gasteiger partial charge in [-0.25, -0.2) is 8.42 Å². The molecule has 0 heterocycles. The van der Waals surface area contributed by atoms with Crippen molar-refractivity contribution in [2.45, 2.75) is 39.0 Å². The van der Waals surface area contributed by atoms with Crippen LogP contribution < -0.4 is 14.8 Å². The Hall–Kier alpha value is -2.21. The smallest absolute Gasteiger partial charge is 0.237 e. The number of anilines is 2. The third kappa shape index (κ3) is 4.89. The lowest BCUT2D eigenvalue weighted by atomic mass is 10.1. The molecule has 25 heavy (non-hydrogen) atoms. The monoisotopic (exact) mass is 362 g/mol. The number of nitrogens with one attached hydrogen (secondary N) is 2. The quantitative estimate of drug-likeness (QED) is 0.810. The average molecular weight is 362 g/mol. The third-order valence-electron chi connectivity index (χ3n) is 3.93. The lowest BCUT2D eigenvalue weighted by Gasteiger charge is -2.20. The minimum absolute atomic E-state index is 0.569. The van der Waals surface area contributed by atoms with Crippen LogP contribution in [0.1, 0.15) is 31.9 Å². The summed E-state index contributed by atoms with van der Waals surface area (Å²) in [6, 6.07) is 13.3. The van der Waals surface area contributed by atoms with Crippen molar-refractivity contribution in [2.75, 3.05) is 17.1 Å². The predicted molar refractivity (Wildman–Crippen MR) is 104 cm³/mol. The van der Waals surface area contributed by atoms with Gasteiger partial charge in [-0.05, 0) is 69.2 Å². The minimum Gasteiger partial charge on any atom is -0.497 e. The number of rotatable bonds is 6. The second kappa shape index (κ2) is 7.35. The van der Waals surface area contributed by atoms with Crippen LogP contribution in [0.3, 0.4) is 0 Å². The number of aryl methyl sites for hydroxylation is 1. The van der Waals surface area contributed by atoms with Crippen LogP contribution in [0.2, 0.25) is 0 Å². The zero-order chi connectivity index (χ0) is 18.7. The number of benzene rings is 2. The van der Waals surface area contributed by atoms with Crippen molar-refractivity contribution in [2.24, 2.45) is 0 Å². The van der Waals surface area contributed by atoms with Gasteiger partial charge < -0.3 is 10.1 Å². The van der Waals surface area contributed by atoms with Gasteiger partial charge in [0.15, 0.2) is 0 Å². The molecule has 0 bridgehead atoms. The maximum absolute atomic E-state index is 12.2. The highest BCUT2D eigenvalue weighted by Crippen LogP contribution is 2.23. The summed E-state index contributed by atoms with van der Waals surface area (Å²) in [7, 11) is -1.76. The summed E-state index contributed by atoms with van der Waals surface area (Å²) in [4.78, 5) is 0. The fraction of sp³-hybridized carbons (Fsp3) is 0.368. The van der Waals surface area contributed by atoms with Gasteiger partial charge in [0.25, 0.3) is 0 Å². The highest BCUT2D eigenvalue weighted by Gasteiger charge is 2.28. The van der Waals surface area contributed by atoms with E-state index in [1.807, 2.05) is 37.3 Å². The van der Waals surface area contributed by atoms with Gasteiger partial charge in [-0.3, -0.25) is 4.72 Å². The van der Waals surface area contributed by atoms with Crippen LogP contribution in [0.5, 0.6) is 5.75 Å². The van der Waals surface area contributed by atoms with E-state index in [1.165, 1.54) is 0 Å². The molecule has 0 saturated carbocycles. The molecule has 0 spiro atoms. The molecule has 2 N–H and O–H groups in total. The zero-order valence-electron chi connectivity index (χ0n) is 15.4. The van der Waals surface area contributed by atoms with E-state index in [-0.39, 0.29) is 0 Å². The third-order valence-corrected chi connectivity index (χ3v) is 6.05. The van der Waals surface area contributed by atoms with Crippen LogP contribution >= 0.6 is 0 Å². The normalized spacial score (nSPS) is 11.9. The highest BCUT2D eigenvalue weighted by molar-refractivity contribution is 7.94. The van der Waals surface area contributed by atoms with E-state index in [0.717, 1.165) is 22.6 Å². The summed E-state index contributed by atoms with van der Waals surface area (Å²) in [5, 5.41) is 3.38. The summed E-state index contributed by atoms with van der Waals surface area (Å²) in [5.41, 5.74) is 3.78. The van der Waals surface area contributed by atoms with Crippen molar-refractivity contribution >= 4 is 21.4 Å². The maximum Gasteiger partial charge on any atom is 0.237 e. The summed E-state index contributed by atoms with van der Waals surface area (Å²) in [6.07, 6.45) is 0. The molecule has 2 aromatic carbocycles. The van der Waals surface area contributed by atoms with Crippen LogP contribution in [0.15, 0.2) is 42.5 Å². The Morgan fingerprint density at radius 1 is 1.04 bits per heavy atom. The van der Waals surface area contributed by atoms with Crippen LogP contribution in [-0.2, 0) is 16.6 Å². The summed E-state index contributed by atoms with van der Waals surface area (Å²) < 4.78 is 31.3. The fourth-order valence-electron chi connectivity index (χ4n) is 2.16. The standard InChI is InChI=1S/C19H26N2O3S/c1-14-12-17(24-5)10-11-18(14)20-13-15-6-8-16(9-7-15)21-25(22,23)19(2,3)4/h6-12,20-21H,13H2,1-5H3. The average Bonchev–Trinajstić information content (AvgIpc) is 2.53. The minimum atomic E-state index is -3.41. The Morgan fingerprint density at radius 2 is 1.68 bits per heavy atom. The maximum atomic E-state index is 12.2. The van der Waals surface area contributed by atoms with Crippen molar-refractivity contribution in [1.82, 2.24) is 0 Å². The second-order valence-corrected chi connectivity index (χ2v) is 9.38. The molecule has 2 aromatic rings. The Morgan fingerprint density at radius 3 is 2.20 bits per heavy atom. The van der Waals surface area contributed by atoms with E-state index >= 15 is 0 Å². The van der Waals surface area contributed by atoms with Gasteiger partial charge in [-0.2, -0.15) is 0 Å². The van der Waals surface area contributed by atoms with E-state index in [1.54, 1.807) is 40.0 Å². The van der Waals surface area contributed by atoms with E-state index in [0.29, 0.717) is 12.2 Å². The number of sulfonamides is 1. The molecule has 0 unspecified atom stereocenters. The Labute approximate surface area is 150 Å². The first kappa shape index (κ1) is 19.1. The molecule has 0 fully saturated rings. The van der Waals surface area contributed by atoms with Crippen LogP contribution in [-0.4, -0.2) is 20.3 Å². The van der Waals surface area contributed by atoms with E-state index in [2.05, 4.69) is 10.0 Å². The Bertz CT molecular complexity index is 823. The molecular weight excluding hydrogens is 336 g/mol. The molecule has 2 rings (SSSR count). The van der Waals surface area contributed by atoms with Gasteiger partial charge in [0.1, 0.15) is 5.75 Å².